The third kappa shape index (κ3) is 3.86. The molecule has 3 atom stereocenters. The second-order valence-corrected chi connectivity index (χ2v) is 8.21. The fourth-order valence-electron chi connectivity index (χ4n) is 3.32. The van der Waals surface area contributed by atoms with Gasteiger partial charge in [-0.3, -0.25) is 0 Å². The maximum atomic E-state index is 13.2. The smallest absolute Gasteiger partial charge is 0.212 e. The van der Waals surface area contributed by atoms with Crippen molar-refractivity contribution in [1.82, 2.24) is 4.31 Å². The minimum atomic E-state index is -3.58. The summed E-state index contributed by atoms with van der Waals surface area (Å²) in [5, 5.41) is 18.9. The summed E-state index contributed by atoms with van der Waals surface area (Å²) in [5.41, 5.74) is 2.03. The molecule has 1 aliphatic rings. The maximum Gasteiger partial charge on any atom is 0.212 e. The first-order chi connectivity index (χ1) is 12.8. The zero-order valence-corrected chi connectivity index (χ0v) is 15.3. The largest absolute Gasteiger partial charge is 0.395 e. The first-order valence-electron chi connectivity index (χ1n) is 8.21. The first-order valence-corrected chi connectivity index (χ1v) is 10.1. The van der Waals surface area contributed by atoms with Crippen molar-refractivity contribution in [3.8, 4) is 17.9 Å². The molecule has 0 saturated carbocycles. The Morgan fingerprint density at radius 1 is 1.15 bits per heavy atom. The third-order valence-corrected chi connectivity index (χ3v) is 5.79. The summed E-state index contributed by atoms with van der Waals surface area (Å²) >= 11 is 0. The topological polar surface area (TPSA) is 81.4 Å². The Bertz CT molecular complexity index is 1050. The van der Waals surface area contributed by atoms with Crippen LogP contribution >= 0.6 is 0 Å². The number of hydrogen-bond acceptors (Lipinski definition) is 4. The van der Waals surface area contributed by atoms with Crippen molar-refractivity contribution in [2.75, 3.05) is 12.9 Å². The molecule has 0 bridgehead atoms. The summed E-state index contributed by atoms with van der Waals surface area (Å²) in [6.07, 6.45) is 1.03. The first kappa shape index (κ1) is 19.1. The van der Waals surface area contributed by atoms with Crippen LogP contribution in [0.15, 0.2) is 48.5 Å². The zero-order valence-electron chi connectivity index (χ0n) is 14.5. The summed E-state index contributed by atoms with van der Waals surface area (Å²) in [4.78, 5) is 0. The zero-order chi connectivity index (χ0) is 19.6. The molecule has 138 valence electrons. The van der Waals surface area contributed by atoms with Gasteiger partial charge in [-0.15, -0.1) is 0 Å². The van der Waals surface area contributed by atoms with Crippen molar-refractivity contribution >= 4 is 10.0 Å². The van der Waals surface area contributed by atoms with Crippen LogP contribution in [-0.2, 0) is 10.0 Å². The van der Waals surface area contributed by atoms with Gasteiger partial charge in [0.25, 0.3) is 0 Å². The molecule has 1 saturated heterocycles. The number of benzene rings is 2. The standard InChI is InChI=1S/C20H17FN2O3S/c1-27(25,26)23-18(12-22)20(19(23)13-24)16-9-7-14(8-10-16)5-6-15-3-2-4-17(21)11-15/h2-4,7-11,18-20,24H,13H2,1H3/t18-,19-,20-/m1/s1. The minimum absolute atomic E-state index is 0.352. The van der Waals surface area contributed by atoms with Crippen molar-refractivity contribution in [3.63, 3.8) is 0 Å². The van der Waals surface area contributed by atoms with Gasteiger partial charge in [-0.05, 0) is 35.9 Å². The van der Waals surface area contributed by atoms with Crippen molar-refractivity contribution < 1.29 is 17.9 Å². The van der Waals surface area contributed by atoms with Crippen LogP contribution in [0.2, 0.25) is 0 Å². The monoisotopic (exact) mass is 384 g/mol. The lowest BCUT2D eigenvalue weighted by molar-refractivity contribution is 0.0564. The van der Waals surface area contributed by atoms with E-state index in [2.05, 4.69) is 11.8 Å². The number of rotatable bonds is 3. The number of hydrogen-bond donors (Lipinski definition) is 1. The number of aliphatic hydroxyl groups is 1. The second kappa shape index (κ2) is 7.50. The molecule has 1 aliphatic heterocycles. The van der Waals surface area contributed by atoms with E-state index in [1.807, 2.05) is 6.07 Å². The van der Waals surface area contributed by atoms with Gasteiger partial charge in [0.15, 0.2) is 0 Å². The van der Waals surface area contributed by atoms with E-state index in [-0.39, 0.29) is 12.4 Å². The van der Waals surface area contributed by atoms with Crippen LogP contribution in [0.3, 0.4) is 0 Å². The molecule has 0 radical (unpaired) electrons. The van der Waals surface area contributed by atoms with Crippen LogP contribution in [-0.4, -0.2) is 42.8 Å². The molecule has 2 aromatic carbocycles. The van der Waals surface area contributed by atoms with E-state index in [0.717, 1.165) is 16.1 Å². The van der Waals surface area contributed by atoms with Gasteiger partial charge >= 0.3 is 0 Å². The lowest BCUT2D eigenvalue weighted by Gasteiger charge is -2.49. The van der Waals surface area contributed by atoms with E-state index in [1.165, 1.54) is 12.1 Å². The quantitative estimate of drug-likeness (QED) is 0.819. The molecular weight excluding hydrogens is 367 g/mol. The summed E-state index contributed by atoms with van der Waals surface area (Å²) in [6.45, 7) is -0.364. The van der Waals surface area contributed by atoms with Crippen LogP contribution in [0, 0.1) is 29.0 Å². The van der Waals surface area contributed by atoms with Gasteiger partial charge in [-0.2, -0.15) is 9.57 Å². The lowest BCUT2D eigenvalue weighted by atomic mass is 9.78. The Hall–Kier alpha value is -2.71. The van der Waals surface area contributed by atoms with Gasteiger partial charge in [0.2, 0.25) is 10.0 Å². The fourth-order valence-corrected chi connectivity index (χ4v) is 4.60. The molecule has 1 heterocycles. The number of halogens is 1. The molecule has 1 fully saturated rings. The molecule has 0 unspecified atom stereocenters. The van der Waals surface area contributed by atoms with Crippen LogP contribution < -0.4 is 0 Å². The van der Waals surface area contributed by atoms with E-state index in [0.29, 0.717) is 11.1 Å². The average Bonchev–Trinajstić information content (AvgIpc) is 2.60. The molecule has 2 aromatic rings. The van der Waals surface area contributed by atoms with E-state index < -0.39 is 28.0 Å². The molecule has 1 N–H and O–H groups in total. The highest BCUT2D eigenvalue weighted by Gasteiger charge is 2.53. The fraction of sp³-hybridized carbons (Fsp3) is 0.250. The molecule has 0 spiro atoms. The summed E-state index contributed by atoms with van der Waals surface area (Å²) < 4.78 is 37.9. The summed E-state index contributed by atoms with van der Waals surface area (Å²) in [6, 6.07) is 13.6. The van der Waals surface area contributed by atoms with E-state index in [1.54, 1.807) is 36.4 Å². The third-order valence-electron chi connectivity index (χ3n) is 4.53. The Morgan fingerprint density at radius 2 is 1.81 bits per heavy atom. The van der Waals surface area contributed by atoms with Gasteiger partial charge < -0.3 is 5.11 Å². The van der Waals surface area contributed by atoms with E-state index in [4.69, 9.17) is 0 Å². The number of aliphatic hydroxyl groups excluding tert-OH is 1. The van der Waals surface area contributed by atoms with Gasteiger partial charge in [-0.1, -0.05) is 30.0 Å². The van der Waals surface area contributed by atoms with Crippen LogP contribution in [0.25, 0.3) is 0 Å². The van der Waals surface area contributed by atoms with Crippen molar-refractivity contribution in [2.24, 2.45) is 0 Å². The van der Waals surface area contributed by atoms with Crippen molar-refractivity contribution in [1.29, 1.82) is 5.26 Å². The van der Waals surface area contributed by atoms with Gasteiger partial charge in [-0.25, -0.2) is 12.8 Å². The second-order valence-electron chi connectivity index (χ2n) is 6.32. The van der Waals surface area contributed by atoms with Crippen LogP contribution in [0.4, 0.5) is 4.39 Å². The van der Waals surface area contributed by atoms with E-state index in [9.17, 15) is 23.2 Å². The summed E-state index contributed by atoms with van der Waals surface area (Å²) in [5.74, 6) is 5.06. The molecule has 27 heavy (non-hydrogen) atoms. The molecular formula is C20H17FN2O3S. The lowest BCUT2D eigenvalue weighted by Crippen LogP contribution is -2.64. The molecule has 7 heteroatoms. The SMILES string of the molecule is CS(=O)(=O)N1[C@H](C#N)[C@@H](c2ccc(C#Cc3cccc(F)c3)cc2)[C@H]1CO. The minimum Gasteiger partial charge on any atom is -0.395 e. The van der Waals surface area contributed by atoms with E-state index >= 15 is 0 Å². The Labute approximate surface area is 157 Å². The summed E-state index contributed by atoms with van der Waals surface area (Å²) in [7, 11) is -3.58. The molecule has 0 amide bonds. The Kier molecular flexibility index (Phi) is 5.29. The van der Waals surface area contributed by atoms with Crippen LogP contribution in [0.1, 0.15) is 22.6 Å². The Balaban J connectivity index is 1.83. The van der Waals surface area contributed by atoms with Gasteiger partial charge in [0.05, 0.1) is 25.0 Å². The predicted molar refractivity (Wildman–Crippen MR) is 98.5 cm³/mol. The highest BCUT2D eigenvalue weighted by atomic mass is 32.2. The molecule has 5 nitrogen and oxygen atoms in total. The molecule has 0 aromatic heterocycles. The molecule has 0 aliphatic carbocycles. The number of sulfonamides is 1. The van der Waals surface area contributed by atoms with Gasteiger partial charge in [0, 0.05) is 17.0 Å². The predicted octanol–water partition coefficient (Wildman–Crippen LogP) is 1.84. The number of nitriles is 1. The Morgan fingerprint density at radius 3 is 2.37 bits per heavy atom. The van der Waals surface area contributed by atoms with Crippen LogP contribution in [0.5, 0.6) is 0 Å². The van der Waals surface area contributed by atoms with Gasteiger partial charge in [0.1, 0.15) is 11.9 Å². The number of nitrogens with zero attached hydrogens (tertiary/aromatic N) is 2. The molecule has 3 rings (SSSR count). The maximum absolute atomic E-state index is 13.2. The highest BCUT2D eigenvalue weighted by molar-refractivity contribution is 7.88. The average molecular weight is 384 g/mol. The highest BCUT2D eigenvalue weighted by Crippen LogP contribution is 2.41. The van der Waals surface area contributed by atoms with Crippen molar-refractivity contribution in [3.05, 3.63) is 71.0 Å². The normalized spacial score (nSPS) is 22.2. The van der Waals surface area contributed by atoms with Crippen molar-refractivity contribution in [2.45, 2.75) is 18.0 Å².